The smallest absolute Gasteiger partial charge is 0.411 e. The van der Waals surface area contributed by atoms with Crippen molar-refractivity contribution >= 4 is 13.7 Å². The van der Waals surface area contributed by atoms with Gasteiger partial charge in [-0.25, -0.2) is 4.79 Å². The lowest BCUT2D eigenvalue weighted by Crippen LogP contribution is -2.45. The minimum atomic E-state index is -3.53. The van der Waals surface area contributed by atoms with E-state index in [1.807, 2.05) is 54.6 Å². The highest BCUT2D eigenvalue weighted by Gasteiger charge is 2.45. The summed E-state index contributed by atoms with van der Waals surface area (Å²) in [5.41, 5.74) is 2.94. The van der Waals surface area contributed by atoms with Gasteiger partial charge in [0.2, 0.25) is 0 Å². The largest absolute Gasteiger partial charge is 0.445 e. The number of carbonyl (C=O) groups is 1. The quantitative estimate of drug-likeness (QED) is 0.611. The lowest BCUT2D eigenvalue weighted by molar-refractivity contribution is 0.0768. The average molecular weight is 403 g/mol. The molecule has 0 aromatic heterocycles. The highest BCUT2D eigenvalue weighted by atomic mass is 31.2. The molecule has 1 aliphatic heterocycles. The second kappa shape index (κ2) is 9.37. The van der Waals surface area contributed by atoms with Crippen LogP contribution in [0.15, 0.2) is 54.6 Å². The molecule has 0 saturated heterocycles. The predicted molar refractivity (Wildman–Crippen MR) is 107 cm³/mol. The summed E-state index contributed by atoms with van der Waals surface area (Å²) in [6.45, 7) is 4.46. The van der Waals surface area contributed by atoms with E-state index in [0.29, 0.717) is 13.0 Å². The normalized spacial score (nSPS) is 16.5. The first-order chi connectivity index (χ1) is 13.6. The van der Waals surface area contributed by atoms with E-state index in [1.54, 1.807) is 13.8 Å². The van der Waals surface area contributed by atoms with Gasteiger partial charge in [-0.1, -0.05) is 54.6 Å². The predicted octanol–water partition coefficient (Wildman–Crippen LogP) is 4.97. The Hall–Kier alpha value is -2.14. The molecule has 0 spiro atoms. The first-order valence-corrected chi connectivity index (χ1v) is 11.1. The second-order valence-corrected chi connectivity index (χ2v) is 8.69. The second-order valence-electron chi connectivity index (χ2n) is 6.50. The molecule has 28 heavy (non-hydrogen) atoms. The number of rotatable bonds is 7. The Balaban J connectivity index is 1.85. The third-order valence-electron chi connectivity index (χ3n) is 4.64. The van der Waals surface area contributed by atoms with E-state index in [4.69, 9.17) is 13.8 Å². The molecular formula is C21H26NO5P. The molecule has 0 saturated carbocycles. The molecule has 6 nitrogen and oxygen atoms in total. The molecule has 0 bridgehead atoms. The van der Waals surface area contributed by atoms with E-state index in [0.717, 1.165) is 16.7 Å². The monoisotopic (exact) mass is 403 g/mol. The van der Waals surface area contributed by atoms with Crippen molar-refractivity contribution in [1.29, 1.82) is 0 Å². The van der Waals surface area contributed by atoms with Crippen molar-refractivity contribution < 1.29 is 23.1 Å². The standard InChI is InChI=1S/C21H26NO5P/c1-3-26-28(24,27-4-2)20-14-18-12-8-9-13-19(18)15-22(20)21(23)25-16-17-10-6-5-7-11-17/h5-13,20H,3-4,14-16H2,1-2H3/t20-/m1/s1. The Bertz CT molecular complexity index is 832. The Morgan fingerprint density at radius 3 is 2.25 bits per heavy atom. The van der Waals surface area contributed by atoms with Crippen molar-refractivity contribution in [2.45, 2.75) is 39.2 Å². The molecule has 0 radical (unpaired) electrons. The van der Waals surface area contributed by atoms with Crippen LogP contribution >= 0.6 is 7.60 Å². The summed E-state index contributed by atoms with van der Waals surface area (Å²) in [5.74, 6) is -0.717. The van der Waals surface area contributed by atoms with Crippen LogP contribution < -0.4 is 0 Å². The highest BCUT2D eigenvalue weighted by molar-refractivity contribution is 7.54. The molecule has 1 atom stereocenters. The molecule has 7 heteroatoms. The molecule has 2 aromatic rings. The highest BCUT2D eigenvalue weighted by Crippen LogP contribution is 2.56. The molecule has 0 aliphatic carbocycles. The Morgan fingerprint density at radius 2 is 1.61 bits per heavy atom. The molecule has 0 fully saturated rings. The molecule has 0 unspecified atom stereocenters. The van der Waals surface area contributed by atoms with Gasteiger partial charge in [-0.2, -0.15) is 0 Å². The number of nitrogens with zero attached hydrogens (tertiary/aromatic N) is 1. The third kappa shape index (κ3) is 4.64. The molecule has 3 rings (SSSR count). The minimum absolute atomic E-state index is 0.151. The van der Waals surface area contributed by atoms with Crippen LogP contribution in [0.2, 0.25) is 0 Å². The summed E-state index contributed by atoms with van der Waals surface area (Å²) in [7, 11) is -3.53. The van der Waals surface area contributed by atoms with E-state index in [9.17, 15) is 9.36 Å². The van der Waals surface area contributed by atoms with E-state index in [2.05, 4.69) is 0 Å². The number of carbonyl (C=O) groups excluding carboxylic acids is 1. The van der Waals surface area contributed by atoms with Gasteiger partial charge in [-0.15, -0.1) is 0 Å². The fraction of sp³-hybridized carbons (Fsp3) is 0.381. The zero-order valence-corrected chi connectivity index (χ0v) is 17.1. The number of ether oxygens (including phenoxy) is 1. The van der Waals surface area contributed by atoms with E-state index >= 15 is 0 Å². The Labute approximate surface area is 165 Å². The number of amides is 1. The third-order valence-corrected chi connectivity index (χ3v) is 7.07. The van der Waals surface area contributed by atoms with Gasteiger partial charge in [-0.3, -0.25) is 9.46 Å². The number of benzene rings is 2. The molecule has 1 heterocycles. The lowest BCUT2D eigenvalue weighted by Gasteiger charge is -2.38. The summed E-state index contributed by atoms with van der Waals surface area (Å²) in [5, 5.41) is 0. The molecule has 0 N–H and O–H groups in total. The summed E-state index contributed by atoms with van der Waals surface area (Å²) in [6, 6.07) is 17.3. The van der Waals surface area contributed by atoms with E-state index in [1.165, 1.54) is 4.90 Å². The first-order valence-electron chi connectivity index (χ1n) is 9.50. The van der Waals surface area contributed by atoms with Gasteiger partial charge in [0.25, 0.3) is 0 Å². The minimum Gasteiger partial charge on any atom is -0.445 e. The molecule has 2 aromatic carbocycles. The van der Waals surface area contributed by atoms with Crippen LogP contribution in [0.3, 0.4) is 0 Å². The van der Waals surface area contributed by atoms with Crippen molar-refractivity contribution in [1.82, 2.24) is 4.90 Å². The maximum absolute atomic E-state index is 13.5. The van der Waals surface area contributed by atoms with Gasteiger partial charge in [0.1, 0.15) is 12.4 Å². The fourth-order valence-electron chi connectivity index (χ4n) is 3.35. The van der Waals surface area contributed by atoms with Gasteiger partial charge in [0.05, 0.1) is 19.8 Å². The zero-order chi connectivity index (χ0) is 20.0. The molecule has 1 aliphatic rings. The van der Waals surface area contributed by atoms with Crippen molar-refractivity contribution in [3.63, 3.8) is 0 Å². The topological polar surface area (TPSA) is 65.1 Å². The summed E-state index contributed by atoms with van der Waals surface area (Å²) in [6.07, 6.45) is -0.128. The van der Waals surface area contributed by atoms with Gasteiger partial charge < -0.3 is 13.8 Å². The lowest BCUT2D eigenvalue weighted by atomic mass is 10.00. The van der Waals surface area contributed by atoms with Crippen molar-refractivity contribution in [2.75, 3.05) is 13.2 Å². The Kier molecular flexibility index (Phi) is 6.89. The van der Waals surface area contributed by atoms with Crippen molar-refractivity contribution in [2.24, 2.45) is 0 Å². The van der Waals surface area contributed by atoms with Gasteiger partial charge in [-0.05, 0) is 30.5 Å². The van der Waals surface area contributed by atoms with Gasteiger partial charge >= 0.3 is 13.7 Å². The fourth-order valence-corrected chi connectivity index (χ4v) is 5.42. The van der Waals surface area contributed by atoms with Crippen LogP contribution in [0.25, 0.3) is 0 Å². The SMILES string of the molecule is CCOP(=O)(OCC)[C@@H]1Cc2ccccc2CN1C(=O)OCc1ccccc1. The van der Waals surface area contributed by atoms with Gasteiger partial charge in [0.15, 0.2) is 0 Å². The maximum atomic E-state index is 13.5. The molecular weight excluding hydrogens is 377 g/mol. The van der Waals surface area contributed by atoms with Crippen LogP contribution in [0.1, 0.15) is 30.5 Å². The number of fused-ring (bicyclic) bond motifs is 1. The zero-order valence-electron chi connectivity index (χ0n) is 16.2. The molecule has 150 valence electrons. The van der Waals surface area contributed by atoms with E-state index < -0.39 is 19.5 Å². The van der Waals surface area contributed by atoms with Crippen LogP contribution in [0, 0.1) is 0 Å². The Morgan fingerprint density at radius 1 is 1.00 bits per heavy atom. The van der Waals surface area contributed by atoms with Crippen LogP contribution in [0.4, 0.5) is 4.79 Å². The number of hydrogen-bond donors (Lipinski definition) is 0. The van der Waals surface area contributed by atoms with Crippen LogP contribution in [0.5, 0.6) is 0 Å². The summed E-state index contributed by atoms with van der Waals surface area (Å²) in [4.78, 5) is 14.4. The van der Waals surface area contributed by atoms with Crippen molar-refractivity contribution in [3.8, 4) is 0 Å². The van der Waals surface area contributed by atoms with Crippen LogP contribution in [-0.4, -0.2) is 30.0 Å². The summed E-state index contributed by atoms with van der Waals surface area (Å²) < 4.78 is 30.1. The number of hydrogen-bond acceptors (Lipinski definition) is 5. The molecule has 1 amide bonds. The maximum Gasteiger partial charge on any atom is 0.411 e. The first kappa shape index (κ1) is 20.6. The van der Waals surface area contributed by atoms with Crippen molar-refractivity contribution in [3.05, 3.63) is 71.3 Å². The van der Waals surface area contributed by atoms with Gasteiger partial charge in [0, 0.05) is 6.42 Å². The summed E-state index contributed by atoms with van der Waals surface area (Å²) >= 11 is 0. The van der Waals surface area contributed by atoms with Crippen LogP contribution in [-0.2, 0) is 37.9 Å². The average Bonchev–Trinajstić information content (AvgIpc) is 2.72. The van der Waals surface area contributed by atoms with E-state index in [-0.39, 0.29) is 19.8 Å².